The molecule has 0 fully saturated rings. The number of aromatic nitrogens is 1. The van der Waals surface area contributed by atoms with E-state index in [0.717, 1.165) is 54.5 Å². The number of benzene rings is 2. The largest absolute Gasteiger partial charge is 0.492 e. The van der Waals surface area contributed by atoms with E-state index >= 15 is 0 Å². The van der Waals surface area contributed by atoms with Gasteiger partial charge < -0.3 is 14.0 Å². The van der Waals surface area contributed by atoms with Crippen LogP contribution in [0.5, 0.6) is 5.75 Å². The third-order valence-electron chi connectivity index (χ3n) is 6.05. The lowest BCUT2D eigenvalue weighted by atomic mass is 9.92. The van der Waals surface area contributed by atoms with E-state index in [1.54, 1.807) is 12.1 Å². The molecule has 1 unspecified atom stereocenters. The molecule has 0 aliphatic carbocycles. The van der Waals surface area contributed by atoms with Crippen LogP contribution >= 0.6 is 0 Å². The second kappa shape index (κ2) is 11.0. The monoisotopic (exact) mass is 487 g/mol. The molecule has 0 N–H and O–H groups in total. The summed E-state index contributed by atoms with van der Waals surface area (Å²) in [7, 11) is 0. The molecule has 0 saturated carbocycles. The van der Waals surface area contributed by atoms with E-state index in [9.17, 15) is 18.0 Å². The van der Waals surface area contributed by atoms with Crippen molar-refractivity contribution in [2.45, 2.75) is 46.3 Å². The van der Waals surface area contributed by atoms with Gasteiger partial charge in [0.1, 0.15) is 24.4 Å². The Morgan fingerprint density at radius 2 is 1.80 bits per heavy atom. The number of aryl methyl sites for hydroxylation is 1. The number of carbonyl (C=O) groups is 1. The Hall–Kier alpha value is -3.22. The molecule has 1 heterocycles. The topological polar surface area (TPSA) is 40.5 Å². The van der Waals surface area contributed by atoms with Crippen molar-refractivity contribution >= 4 is 16.9 Å². The van der Waals surface area contributed by atoms with Crippen LogP contribution in [0.1, 0.15) is 33.6 Å². The second-order valence-electron chi connectivity index (χ2n) is 9.46. The fourth-order valence-electron chi connectivity index (χ4n) is 3.81. The van der Waals surface area contributed by atoms with Crippen molar-refractivity contribution in [3.63, 3.8) is 0 Å². The third kappa shape index (κ3) is 6.47. The Morgan fingerprint density at radius 1 is 1.09 bits per heavy atom. The highest BCUT2D eigenvalue weighted by Gasteiger charge is 2.53. The Labute approximate surface area is 204 Å². The maximum absolute atomic E-state index is 13.8. The van der Waals surface area contributed by atoms with Gasteiger partial charge in [0.15, 0.2) is 0 Å². The van der Waals surface area contributed by atoms with Crippen molar-refractivity contribution in [1.29, 1.82) is 0 Å². The van der Waals surface area contributed by atoms with Gasteiger partial charge in [-0.05, 0) is 49.4 Å². The van der Waals surface area contributed by atoms with E-state index in [1.807, 2.05) is 36.4 Å². The Kier molecular flexibility index (Phi) is 8.30. The summed E-state index contributed by atoms with van der Waals surface area (Å²) < 4.78 is 53.9. The average molecular weight is 488 g/mol. The van der Waals surface area contributed by atoms with Crippen LogP contribution in [-0.4, -0.2) is 29.9 Å². The minimum absolute atomic E-state index is 0.325. The molecule has 0 saturated heterocycles. The maximum Gasteiger partial charge on any atom is 0.400 e. The van der Waals surface area contributed by atoms with E-state index in [2.05, 4.69) is 31.1 Å². The summed E-state index contributed by atoms with van der Waals surface area (Å²) in [5.41, 5.74) is 0.661. The zero-order chi connectivity index (χ0) is 25.6. The molecule has 188 valence electrons. The summed E-state index contributed by atoms with van der Waals surface area (Å²) in [4.78, 5) is 11.3. The molecule has 0 aliphatic heterocycles. The fraction of sp³-hybridized carbons (Fsp3) is 0.393. The predicted molar refractivity (Wildman–Crippen MR) is 132 cm³/mol. The summed E-state index contributed by atoms with van der Waals surface area (Å²) in [6.45, 7) is 7.80. The van der Waals surface area contributed by atoms with Crippen molar-refractivity contribution in [2.75, 3.05) is 13.2 Å². The predicted octanol–water partition coefficient (Wildman–Crippen LogP) is 7.42. The molecule has 1 aromatic heterocycles. The summed E-state index contributed by atoms with van der Waals surface area (Å²) >= 11 is 0. The number of fused-ring (bicyclic) bond motifs is 1. The van der Waals surface area contributed by atoms with Crippen LogP contribution in [0, 0.1) is 11.3 Å². The highest BCUT2D eigenvalue weighted by atomic mass is 19.4. The first-order chi connectivity index (χ1) is 16.5. The van der Waals surface area contributed by atoms with E-state index in [4.69, 9.17) is 9.47 Å². The van der Waals surface area contributed by atoms with Crippen molar-refractivity contribution in [3.05, 3.63) is 67.3 Å². The number of esters is 1. The zero-order valence-electron chi connectivity index (χ0n) is 20.4. The van der Waals surface area contributed by atoms with Gasteiger partial charge in [0.05, 0.1) is 5.52 Å². The molecule has 7 heteroatoms. The summed E-state index contributed by atoms with van der Waals surface area (Å²) in [6.07, 6.45) is -1.75. The molecular formula is C28H32F3NO3. The van der Waals surface area contributed by atoms with Crippen LogP contribution < -0.4 is 4.74 Å². The molecule has 35 heavy (non-hydrogen) atoms. The van der Waals surface area contributed by atoms with Crippen LogP contribution in [0.3, 0.4) is 0 Å². The van der Waals surface area contributed by atoms with Crippen LogP contribution in [0.25, 0.3) is 22.2 Å². The molecule has 0 aliphatic rings. The van der Waals surface area contributed by atoms with Gasteiger partial charge in [-0.3, -0.25) is 0 Å². The van der Waals surface area contributed by atoms with E-state index in [0.29, 0.717) is 11.7 Å². The normalized spacial score (nSPS) is 13.6. The van der Waals surface area contributed by atoms with E-state index < -0.39 is 30.8 Å². The molecule has 0 spiro atoms. The number of alkyl halides is 3. The summed E-state index contributed by atoms with van der Waals surface area (Å²) in [5, 5.41) is 0.985. The second-order valence-corrected chi connectivity index (χ2v) is 9.46. The minimum Gasteiger partial charge on any atom is -0.492 e. The van der Waals surface area contributed by atoms with Gasteiger partial charge in [-0.2, -0.15) is 13.2 Å². The first-order valence-corrected chi connectivity index (χ1v) is 11.7. The molecule has 1 atom stereocenters. The molecule has 3 rings (SSSR count). The van der Waals surface area contributed by atoms with Crippen LogP contribution in [0.15, 0.2) is 67.3 Å². The van der Waals surface area contributed by atoms with Crippen molar-refractivity contribution in [2.24, 2.45) is 11.3 Å². The lowest BCUT2D eigenvalue weighted by Crippen LogP contribution is -2.44. The molecule has 2 aromatic carbocycles. The number of hydrogen-bond acceptors (Lipinski definition) is 3. The van der Waals surface area contributed by atoms with Crippen molar-refractivity contribution in [3.8, 4) is 17.0 Å². The average Bonchev–Trinajstić information content (AvgIpc) is 3.18. The van der Waals surface area contributed by atoms with Crippen molar-refractivity contribution in [1.82, 2.24) is 4.57 Å². The van der Waals surface area contributed by atoms with Crippen LogP contribution in [0.4, 0.5) is 13.2 Å². The molecule has 0 radical (unpaired) electrons. The number of carbonyl (C=O) groups excluding carboxylic acids is 1. The van der Waals surface area contributed by atoms with Gasteiger partial charge in [0.25, 0.3) is 0 Å². The standard InChI is InChI=1S/C28H32F3NO3/c1-5-26(33)35-19-27(4,28(29,30)31)18-34-23-14-13-22-16-24(21-11-7-6-8-12-21)32(25(22)17-23)15-9-10-20(2)3/h5-8,11-14,16-17,20H,1,9-10,15,18-19H2,2-4H3. The Morgan fingerprint density at radius 3 is 2.43 bits per heavy atom. The van der Waals surface area contributed by atoms with E-state index in [-0.39, 0.29) is 0 Å². The van der Waals surface area contributed by atoms with Crippen molar-refractivity contribution < 1.29 is 27.4 Å². The minimum atomic E-state index is -4.63. The molecule has 3 aromatic rings. The van der Waals surface area contributed by atoms with Gasteiger partial charge in [-0.1, -0.05) is 50.8 Å². The molecule has 0 bridgehead atoms. The summed E-state index contributed by atoms with van der Waals surface area (Å²) in [5.74, 6) is -0.00784. The summed E-state index contributed by atoms with van der Waals surface area (Å²) in [6, 6.07) is 17.4. The van der Waals surface area contributed by atoms with E-state index in [1.165, 1.54) is 0 Å². The number of rotatable bonds is 11. The molecule has 0 amide bonds. The SMILES string of the molecule is C=CC(=O)OCC(C)(COc1ccc2cc(-c3ccccc3)n(CCCC(C)C)c2c1)C(F)(F)F. The first kappa shape index (κ1) is 26.4. The first-order valence-electron chi connectivity index (χ1n) is 11.7. The smallest absolute Gasteiger partial charge is 0.400 e. The maximum atomic E-state index is 13.8. The number of ether oxygens (including phenoxy) is 2. The van der Waals surface area contributed by atoms with Gasteiger partial charge in [0, 0.05) is 29.8 Å². The molecular weight excluding hydrogens is 455 g/mol. The molecule has 4 nitrogen and oxygen atoms in total. The van der Waals surface area contributed by atoms with Gasteiger partial charge in [-0.15, -0.1) is 0 Å². The zero-order valence-corrected chi connectivity index (χ0v) is 20.4. The highest BCUT2D eigenvalue weighted by molar-refractivity contribution is 5.88. The van der Waals surface area contributed by atoms with Crippen LogP contribution in [-0.2, 0) is 16.1 Å². The quantitative estimate of drug-likeness (QED) is 0.209. The number of hydrogen-bond donors (Lipinski definition) is 0. The van der Waals surface area contributed by atoms with Gasteiger partial charge >= 0.3 is 12.1 Å². The third-order valence-corrected chi connectivity index (χ3v) is 6.05. The Balaban J connectivity index is 1.90. The lowest BCUT2D eigenvalue weighted by Gasteiger charge is -2.31. The number of halogens is 3. The van der Waals surface area contributed by atoms with Crippen LogP contribution in [0.2, 0.25) is 0 Å². The van der Waals surface area contributed by atoms with Gasteiger partial charge in [-0.25, -0.2) is 4.79 Å². The fourth-order valence-corrected chi connectivity index (χ4v) is 3.81. The Bertz CT molecular complexity index is 1150. The number of nitrogens with zero attached hydrogens (tertiary/aromatic N) is 1. The van der Waals surface area contributed by atoms with Gasteiger partial charge in [0.2, 0.25) is 0 Å². The highest BCUT2D eigenvalue weighted by Crippen LogP contribution is 2.39. The lowest BCUT2D eigenvalue weighted by molar-refractivity contribution is -0.240.